The molecule has 6 nitrogen and oxygen atoms in total. The number of fused-ring (bicyclic) bond motifs is 1. The lowest BCUT2D eigenvalue weighted by Crippen LogP contribution is -2.18. The van der Waals surface area contributed by atoms with Gasteiger partial charge in [0, 0.05) is 6.07 Å². The van der Waals surface area contributed by atoms with Crippen LogP contribution < -0.4 is 9.47 Å². The van der Waals surface area contributed by atoms with Crippen LogP contribution in [0.25, 0.3) is 11.0 Å². The SMILES string of the molecule is CCOC(=O)C(Cc1cc(OC)cc(OC)c1)c1ccc2nsnc2c1. The minimum atomic E-state index is -0.446. The molecule has 1 atom stereocenters. The number of rotatable bonds is 7. The first-order valence-corrected chi connectivity index (χ1v) is 8.98. The fourth-order valence-corrected chi connectivity index (χ4v) is 3.33. The average molecular weight is 372 g/mol. The molecule has 2 aromatic carbocycles. The molecule has 1 unspecified atom stereocenters. The zero-order valence-electron chi connectivity index (χ0n) is 14.9. The molecule has 3 rings (SSSR count). The zero-order chi connectivity index (χ0) is 18.5. The fraction of sp³-hybridized carbons (Fsp3) is 0.316. The van der Waals surface area contributed by atoms with E-state index in [1.807, 2.05) is 30.3 Å². The highest BCUT2D eigenvalue weighted by molar-refractivity contribution is 7.00. The zero-order valence-corrected chi connectivity index (χ0v) is 15.7. The Morgan fingerprint density at radius 2 is 1.73 bits per heavy atom. The fourth-order valence-electron chi connectivity index (χ4n) is 2.82. The van der Waals surface area contributed by atoms with E-state index in [2.05, 4.69) is 8.75 Å². The third kappa shape index (κ3) is 3.94. The standard InChI is InChI=1S/C19H20N2O4S/c1-4-25-19(22)16(13-5-6-17-18(10-13)21-26-20-17)9-12-7-14(23-2)11-15(8-12)24-3/h5-8,10-11,16H,4,9H2,1-3H3. The van der Waals surface area contributed by atoms with E-state index < -0.39 is 5.92 Å². The maximum absolute atomic E-state index is 12.6. The van der Waals surface area contributed by atoms with Crippen molar-refractivity contribution in [2.45, 2.75) is 19.3 Å². The van der Waals surface area contributed by atoms with Gasteiger partial charge in [-0.1, -0.05) is 6.07 Å². The van der Waals surface area contributed by atoms with Crippen molar-refractivity contribution in [1.82, 2.24) is 8.75 Å². The molecule has 0 aliphatic carbocycles. The first-order valence-electron chi connectivity index (χ1n) is 8.25. The molecule has 0 amide bonds. The number of carbonyl (C=O) groups excluding carboxylic acids is 1. The van der Waals surface area contributed by atoms with Crippen LogP contribution in [0, 0.1) is 0 Å². The van der Waals surface area contributed by atoms with E-state index in [0.29, 0.717) is 24.5 Å². The maximum Gasteiger partial charge on any atom is 0.313 e. The second-order valence-corrected chi connectivity index (χ2v) is 6.27. The first kappa shape index (κ1) is 18.1. The minimum Gasteiger partial charge on any atom is -0.497 e. The number of benzene rings is 2. The van der Waals surface area contributed by atoms with Crippen LogP contribution in [0.1, 0.15) is 24.0 Å². The van der Waals surface area contributed by atoms with Crippen LogP contribution in [0.3, 0.4) is 0 Å². The predicted molar refractivity (Wildman–Crippen MR) is 100 cm³/mol. The van der Waals surface area contributed by atoms with E-state index in [9.17, 15) is 4.79 Å². The Labute approximate surface area is 156 Å². The van der Waals surface area contributed by atoms with Gasteiger partial charge in [0.2, 0.25) is 0 Å². The van der Waals surface area contributed by atoms with E-state index in [0.717, 1.165) is 33.9 Å². The summed E-state index contributed by atoms with van der Waals surface area (Å²) in [7, 11) is 3.20. The van der Waals surface area contributed by atoms with Crippen LogP contribution in [-0.2, 0) is 16.0 Å². The number of hydrogen-bond acceptors (Lipinski definition) is 7. The highest BCUT2D eigenvalue weighted by Crippen LogP contribution is 2.29. The van der Waals surface area contributed by atoms with Crippen LogP contribution >= 0.6 is 11.7 Å². The molecule has 0 saturated carbocycles. The summed E-state index contributed by atoms with van der Waals surface area (Å²) in [5, 5.41) is 0. The Balaban J connectivity index is 1.97. The van der Waals surface area contributed by atoms with Gasteiger partial charge in [-0.05, 0) is 48.7 Å². The molecule has 26 heavy (non-hydrogen) atoms. The Bertz CT molecular complexity index is 887. The summed E-state index contributed by atoms with van der Waals surface area (Å²) in [6.45, 7) is 2.13. The lowest BCUT2D eigenvalue weighted by atomic mass is 9.91. The van der Waals surface area contributed by atoms with Crippen LogP contribution in [0.4, 0.5) is 0 Å². The monoisotopic (exact) mass is 372 g/mol. The van der Waals surface area contributed by atoms with E-state index in [1.165, 1.54) is 0 Å². The molecular formula is C19H20N2O4S. The molecular weight excluding hydrogens is 352 g/mol. The number of ether oxygens (including phenoxy) is 3. The summed E-state index contributed by atoms with van der Waals surface area (Å²) in [5.41, 5.74) is 3.38. The van der Waals surface area contributed by atoms with Gasteiger partial charge in [0.05, 0.1) is 38.5 Å². The van der Waals surface area contributed by atoms with Gasteiger partial charge < -0.3 is 14.2 Å². The Morgan fingerprint density at radius 3 is 2.38 bits per heavy atom. The molecule has 0 saturated heterocycles. The molecule has 0 spiro atoms. The van der Waals surface area contributed by atoms with Gasteiger partial charge in [-0.2, -0.15) is 8.75 Å². The maximum atomic E-state index is 12.6. The minimum absolute atomic E-state index is 0.267. The van der Waals surface area contributed by atoms with E-state index in [1.54, 1.807) is 27.2 Å². The summed E-state index contributed by atoms with van der Waals surface area (Å²) in [5.74, 6) is 0.650. The van der Waals surface area contributed by atoms with E-state index in [-0.39, 0.29) is 5.97 Å². The molecule has 0 aliphatic heterocycles. The number of esters is 1. The summed E-state index contributed by atoms with van der Waals surface area (Å²) < 4.78 is 24.4. The number of carbonyl (C=O) groups is 1. The van der Waals surface area contributed by atoms with Gasteiger partial charge in [-0.15, -0.1) is 0 Å². The molecule has 3 aromatic rings. The van der Waals surface area contributed by atoms with Gasteiger partial charge in [-0.3, -0.25) is 4.79 Å². The summed E-state index contributed by atoms with van der Waals surface area (Å²) >= 11 is 1.16. The van der Waals surface area contributed by atoms with Crippen molar-refractivity contribution in [2.24, 2.45) is 0 Å². The molecule has 7 heteroatoms. The Kier molecular flexibility index (Phi) is 5.68. The van der Waals surface area contributed by atoms with Crippen LogP contribution in [0.5, 0.6) is 11.5 Å². The van der Waals surface area contributed by atoms with Crippen molar-refractivity contribution in [2.75, 3.05) is 20.8 Å². The number of aromatic nitrogens is 2. The molecule has 1 heterocycles. The molecule has 0 bridgehead atoms. The number of methoxy groups -OCH3 is 2. The molecule has 136 valence electrons. The third-order valence-electron chi connectivity index (χ3n) is 4.10. The first-order chi connectivity index (χ1) is 12.6. The van der Waals surface area contributed by atoms with Crippen molar-refractivity contribution in [1.29, 1.82) is 0 Å². The van der Waals surface area contributed by atoms with Crippen molar-refractivity contribution < 1.29 is 19.0 Å². The Hall–Kier alpha value is -2.67. The van der Waals surface area contributed by atoms with Gasteiger partial charge in [0.15, 0.2) is 0 Å². The van der Waals surface area contributed by atoms with Crippen molar-refractivity contribution in [3.63, 3.8) is 0 Å². The third-order valence-corrected chi connectivity index (χ3v) is 4.66. The highest BCUT2D eigenvalue weighted by atomic mass is 32.1. The number of nitrogens with zero attached hydrogens (tertiary/aromatic N) is 2. The van der Waals surface area contributed by atoms with Crippen LogP contribution in [0.15, 0.2) is 36.4 Å². The second kappa shape index (κ2) is 8.14. The quantitative estimate of drug-likeness (QED) is 0.590. The molecule has 0 aliphatic rings. The van der Waals surface area contributed by atoms with Crippen molar-refractivity contribution in [3.8, 4) is 11.5 Å². The van der Waals surface area contributed by atoms with Gasteiger partial charge in [-0.25, -0.2) is 0 Å². The van der Waals surface area contributed by atoms with Gasteiger partial charge in [0.1, 0.15) is 22.5 Å². The Morgan fingerprint density at radius 1 is 1.04 bits per heavy atom. The average Bonchev–Trinajstić information content (AvgIpc) is 3.13. The summed E-state index contributed by atoms with van der Waals surface area (Å²) in [6.07, 6.45) is 0.468. The highest BCUT2D eigenvalue weighted by Gasteiger charge is 2.24. The summed E-state index contributed by atoms with van der Waals surface area (Å²) in [6, 6.07) is 11.3. The number of hydrogen-bond donors (Lipinski definition) is 0. The lowest BCUT2D eigenvalue weighted by molar-refractivity contribution is -0.144. The normalized spacial score (nSPS) is 12.0. The molecule has 0 N–H and O–H groups in total. The van der Waals surface area contributed by atoms with E-state index >= 15 is 0 Å². The largest absolute Gasteiger partial charge is 0.497 e. The predicted octanol–water partition coefficient (Wildman–Crippen LogP) is 3.60. The smallest absolute Gasteiger partial charge is 0.313 e. The topological polar surface area (TPSA) is 70.5 Å². The van der Waals surface area contributed by atoms with Gasteiger partial charge >= 0.3 is 5.97 Å². The van der Waals surface area contributed by atoms with E-state index in [4.69, 9.17) is 14.2 Å². The molecule has 1 aromatic heterocycles. The van der Waals surface area contributed by atoms with Crippen molar-refractivity contribution >= 4 is 28.7 Å². The molecule has 0 radical (unpaired) electrons. The van der Waals surface area contributed by atoms with Crippen molar-refractivity contribution in [3.05, 3.63) is 47.5 Å². The van der Waals surface area contributed by atoms with Crippen LogP contribution in [-0.4, -0.2) is 35.5 Å². The van der Waals surface area contributed by atoms with Crippen LogP contribution in [0.2, 0.25) is 0 Å². The summed E-state index contributed by atoms with van der Waals surface area (Å²) in [4.78, 5) is 12.6. The molecule has 0 fully saturated rings. The lowest BCUT2D eigenvalue weighted by Gasteiger charge is -2.17. The second-order valence-electron chi connectivity index (χ2n) is 5.74. The van der Waals surface area contributed by atoms with Gasteiger partial charge in [0.25, 0.3) is 0 Å².